The van der Waals surface area contributed by atoms with Crippen molar-refractivity contribution in [3.05, 3.63) is 71.0 Å². The number of hydrogen-bond donors (Lipinski definition) is 3. The molecule has 3 N–H and O–H groups in total. The van der Waals surface area contributed by atoms with E-state index in [-0.39, 0.29) is 29.7 Å². The number of fused-ring (bicyclic) bond motifs is 1. The van der Waals surface area contributed by atoms with E-state index in [9.17, 15) is 24.9 Å². The van der Waals surface area contributed by atoms with Crippen LogP contribution in [0.5, 0.6) is 11.5 Å². The Bertz CT molecular complexity index is 1290. The van der Waals surface area contributed by atoms with Crippen molar-refractivity contribution in [3.8, 4) is 11.5 Å². The van der Waals surface area contributed by atoms with E-state index in [1.54, 1.807) is 48.5 Å². The summed E-state index contributed by atoms with van der Waals surface area (Å²) in [4.78, 5) is 27.8. The number of esters is 2. The number of phenolic OH excluding ortho intramolecular Hbond substituents is 1. The Kier molecular flexibility index (Phi) is 6.49. The van der Waals surface area contributed by atoms with Gasteiger partial charge in [-0.05, 0) is 58.5 Å². The molecule has 6 atom stereocenters. The molecule has 202 valence electrons. The number of aliphatic hydroxyl groups excluding tert-OH is 1. The maximum atomic E-state index is 13.5. The van der Waals surface area contributed by atoms with Crippen LogP contribution in [0.15, 0.2) is 54.3 Å². The number of carbonyl (C=O) groups is 2. The van der Waals surface area contributed by atoms with Crippen LogP contribution in [0, 0.1) is 6.92 Å². The zero-order chi connectivity index (χ0) is 27.4. The second kappa shape index (κ2) is 9.41. The number of nitrogens with zero attached hydrogens (tertiary/aromatic N) is 1. The molecular formula is C29H33NO8. The molecule has 0 aromatic heterocycles. The highest BCUT2D eigenvalue weighted by atomic mass is 16.6. The second-order valence-corrected chi connectivity index (χ2v) is 10.5. The lowest BCUT2D eigenvalue weighted by Gasteiger charge is -2.58. The van der Waals surface area contributed by atoms with E-state index in [4.69, 9.17) is 14.2 Å². The highest BCUT2D eigenvalue weighted by Gasteiger charge is 2.69. The first-order valence-corrected chi connectivity index (χ1v) is 12.8. The Morgan fingerprint density at radius 1 is 1.16 bits per heavy atom. The summed E-state index contributed by atoms with van der Waals surface area (Å²) in [6.07, 6.45) is -1.42. The summed E-state index contributed by atoms with van der Waals surface area (Å²) in [5.41, 5.74) is -0.309. The van der Waals surface area contributed by atoms with Gasteiger partial charge in [-0.2, -0.15) is 0 Å². The Morgan fingerprint density at radius 2 is 1.87 bits per heavy atom. The number of phenols is 1. The zero-order valence-corrected chi connectivity index (χ0v) is 21.9. The maximum Gasteiger partial charge on any atom is 0.357 e. The predicted molar refractivity (Wildman–Crippen MR) is 136 cm³/mol. The first-order valence-electron chi connectivity index (χ1n) is 12.8. The van der Waals surface area contributed by atoms with Gasteiger partial charge in [0.15, 0.2) is 17.6 Å². The number of likely N-dealkylation sites (N-methyl/N-ethyl adjacent to an activating group) is 1. The van der Waals surface area contributed by atoms with Crippen LogP contribution >= 0.6 is 0 Å². The second-order valence-electron chi connectivity index (χ2n) is 10.5. The molecule has 0 unspecified atom stereocenters. The number of benzene rings is 2. The minimum atomic E-state index is -1.43. The maximum absolute atomic E-state index is 13.5. The summed E-state index contributed by atoms with van der Waals surface area (Å²) in [5.74, 6) is -1.43. The number of aromatic hydroxyl groups is 1. The van der Waals surface area contributed by atoms with Crippen LogP contribution in [0.1, 0.15) is 49.5 Å². The largest absolute Gasteiger partial charge is 0.504 e. The van der Waals surface area contributed by atoms with Gasteiger partial charge in [0.1, 0.15) is 11.9 Å². The Labute approximate surface area is 221 Å². The number of piperidine rings is 1. The van der Waals surface area contributed by atoms with E-state index >= 15 is 0 Å². The van der Waals surface area contributed by atoms with Gasteiger partial charge >= 0.3 is 11.9 Å². The molecule has 2 aliphatic heterocycles. The molecule has 1 aliphatic carbocycles. The highest BCUT2D eigenvalue weighted by Crippen LogP contribution is 2.62. The van der Waals surface area contributed by atoms with Gasteiger partial charge in [0, 0.05) is 23.6 Å². The van der Waals surface area contributed by atoms with E-state index < -0.39 is 41.3 Å². The highest BCUT2D eigenvalue weighted by molar-refractivity contribution is 5.83. The van der Waals surface area contributed by atoms with Crippen LogP contribution in [0.4, 0.5) is 0 Å². The van der Waals surface area contributed by atoms with E-state index in [0.29, 0.717) is 24.1 Å². The molecule has 38 heavy (non-hydrogen) atoms. The lowest BCUT2D eigenvalue weighted by molar-refractivity contribution is -0.176. The molecule has 2 heterocycles. The molecule has 1 fully saturated rings. The third-order valence-electron chi connectivity index (χ3n) is 8.44. The molecule has 1 spiro atoms. The van der Waals surface area contributed by atoms with Gasteiger partial charge in [0.05, 0.1) is 11.0 Å². The number of carbonyl (C=O) groups excluding carboxylic acids is 2. The van der Waals surface area contributed by atoms with Crippen molar-refractivity contribution in [2.75, 3.05) is 13.6 Å². The van der Waals surface area contributed by atoms with Gasteiger partial charge in [-0.3, -0.25) is 0 Å². The smallest absolute Gasteiger partial charge is 0.357 e. The molecule has 0 amide bonds. The molecule has 3 aliphatic rings. The van der Waals surface area contributed by atoms with Crippen LogP contribution in [0.3, 0.4) is 0 Å². The van der Waals surface area contributed by atoms with Crippen molar-refractivity contribution in [2.24, 2.45) is 0 Å². The minimum absolute atomic E-state index is 0.0537. The molecule has 9 heteroatoms. The quantitative estimate of drug-likeness (QED) is 0.507. The molecule has 0 radical (unpaired) electrons. The van der Waals surface area contributed by atoms with Crippen molar-refractivity contribution < 1.29 is 39.1 Å². The summed E-state index contributed by atoms with van der Waals surface area (Å²) in [6, 6.07) is 11.5. The number of ether oxygens (including phenoxy) is 3. The molecule has 2 aromatic carbocycles. The summed E-state index contributed by atoms with van der Waals surface area (Å²) in [7, 11) is 1.96. The van der Waals surface area contributed by atoms with Crippen molar-refractivity contribution in [3.63, 3.8) is 0 Å². The van der Waals surface area contributed by atoms with E-state index in [2.05, 4.69) is 4.90 Å². The minimum Gasteiger partial charge on any atom is -0.504 e. The monoisotopic (exact) mass is 523 g/mol. The van der Waals surface area contributed by atoms with Crippen LogP contribution in [-0.2, 0) is 24.5 Å². The lowest BCUT2D eigenvalue weighted by atomic mass is 9.54. The van der Waals surface area contributed by atoms with Crippen molar-refractivity contribution >= 4 is 11.9 Å². The van der Waals surface area contributed by atoms with Gasteiger partial charge in [-0.25, -0.2) is 9.59 Å². The first kappa shape index (κ1) is 26.2. The standard InChI is InChI=1S/C29H33NO8/c1-16-10-11-20(32)24-22(16)28-14-15-30(4)18(3)29(28,35)13-12-21(25(28)37-24)36-27(34)23(38-26(33)17(2)31)19-8-6-5-7-9-19/h5-12,17-18,23,25,31-32,35H,13-15H2,1-4H3/t17-,18+,23-,25-,28-,29+/m0/s1. The lowest BCUT2D eigenvalue weighted by Crippen LogP contribution is -2.71. The van der Waals surface area contributed by atoms with E-state index in [1.807, 2.05) is 20.9 Å². The summed E-state index contributed by atoms with van der Waals surface area (Å²) >= 11 is 0. The summed E-state index contributed by atoms with van der Waals surface area (Å²) in [6.45, 7) is 5.77. The van der Waals surface area contributed by atoms with Gasteiger partial charge in [0.2, 0.25) is 6.10 Å². The number of hydrogen-bond acceptors (Lipinski definition) is 9. The van der Waals surface area contributed by atoms with Gasteiger partial charge < -0.3 is 34.4 Å². The van der Waals surface area contributed by atoms with Crippen LogP contribution in [0.25, 0.3) is 0 Å². The number of rotatable bonds is 5. The molecule has 9 nitrogen and oxygen atoms in total. The molecule has 0 bridgehead atoms. The van der Waals surface area contributed by atoms with Crippen LogP contribution < -0.4 is 4.74 Å². The average molecular weight is 524 g/mol. The SMILES string of the molecule is Cc1ccc(O)c2c1[C@]13CCN(C)[C@H](C)[C@]1(O)CC=C(OC(=O)[C@@H](OC(=O)[C@H](C)O)c1ccccc1)[C@@H]3O2. The summed E-state index contributed by atoms with van der Waals surface area (Å²) < 4.78 is 17.6. The topological polar surface area (TPSA) is 126 Å². The van der Waals surface area contributed by atoms with Crippen molar-refractivity contribution in [1.82, 2.24) is 4.90 Å². The number of aliphatic hydroxyl groups is 2. The Balaban J connectivity index is 1.56. The number of likely N-dealkylation sites (tertiary alicyclic amines) is 1. The normalized spacial score (nSPS) is 29.6. The van der Waals surface area contributed by atoms with Gasteiger partial charge in [-0.15, -0.1) is 0 Å². The predicted octanol–water partition coefficient (Wildman–Crippen LogP) is 2.65. The van der Waals surface area contributed by atoms with Crippen molar-refractivity contribution in [1.29, 1.82) is 0 Å². The fraction of sp³-hybridized carbons (Fsp3) is 0.448. The van der Waals surface area contributed by atoms with Crippen LogP contribution in [0.2, 0.25) is 0 Å². The molecule has 0 saturated carbocycles. The molecular weight excluding hydrogens is 490 g/mol. The Hall–Kier alpha value is -3.40. The van der Waals surface area contributed by atoms with E-state index in [1.165, 1.54) is 6.92 Å². The van der Waals surface area contributed by atoms with E-state index in [0.717, 1.165) is 5.56 Å². The molecule has 5 rings (SSSR count). The third-order valence-corrected chi connectivity index (χ3v) is 8.44. The Morgan fingerprint density at radius 3 is 2.55 bits per heavy atom. The van der Waals surface area contributed by atoms with Gasteiger partial charge in [0.25, 0.3) is 0 Å². The fourth-order valence-corrected chi connectivity index (χ4v) is 6.27. The zero-order valence-electron chi connectivity index (χ0n) is 21.9. The molecule has 1 saturated heterocycles. The van der Waals surface area contributed by atoms with Gasteiger partial charge in [-0.1, -0.05) is 36.4 Å². The third kappa shape index (κ3) is 3.80. The average Bonchev–Trinajstić information content (AvgIpc) is 3.27. The fourth-order valence-electron chi connectivity index (χ4n) is 6.27. The summed E-state index contributed by atoms with van der Waals surface area (Å²) in [5, 5.41) is 32.7. The molecule has 2 aromatic rings. The van der Waals surface area contributed by atoms with Crippen molar-refractivity contribution in [2.45, 2.75) is 69.0 Å². The first-order chi connectivity index (χ1) is 18.0. The number of aryl methyl sites for hydroxylation is 1. The van der Waals surface area contributed by atoms with Crippen LogP contribution in [-0.4, -0.2) is 69.6 Å².